The standard InChI is InChI=1S/C20H34N2O2/c1-14-12-21(13-15(2)22(14)4-5-24-3)19(23)20-9-16-6-17(10-20)8-18(7-16)11-20/h14-18H,4-13H2,1-3H3. The predicted molar refractivity (Wildman–Crippen MR) is 94.7 cm³/mol. The SMILES string of the molecule is COCCN1C(C)CN(C(=O)C23CC4CC(CC(C4)C2)C3)CC1C. The summed E-state index contributed by atoms with van der Waals surface area (Å²) in [5.74, 6) is 3.04. The predicted octanol–water partition coefficient (Wildman–Crippen LogP) is 2.77. The van der Waals surface area contributed by atoms with Gasteiger partial charge in [-0.25, -0.2) is 0 Å². The third-order valence-electron chi connectivity index (χ3n) is 7.43. The molecule has 0 spiro atoms. The van der Waals surface area contributed by atoms with Gasteiger partial charge in [0.15, 0.2) is 0 Å². The lowest BCUT2D eigenvalue weighted by Crippen LogP contribution is -2.62. The summed E-state index contributed by atoms with van der Waals surface area (Å²) in [6.07, 6.45) is 7.78. The molecule has 4 heteroatoms. The van der Waals surface area contributed by atoms with Crippen molar-refractivity contribution in [3.05, 3.63) is 0 Å². The third-order valence-corrected chi connectivity index (χ3v) is 7.43. The fourth-order valence-corrected chi connectivity index (χ4v) is 6.87. The minimum Gasteiger partial charge on any atom is -0.383 e. The Kier molecular flexibility index (Phi) is 4.41. The van der Waals surface area contributed by atoms with Gasteiger partial charge in [0, 0.05) is 38.8 Å². The lowest BCUT2D eigenvalue weighted by Gasteiger charge is -2.57. The van der Waals surface area contributed by atoms with E-state index in [1.165, 1.54) is 38.5 Å². The first-order valence-electron chi connectivity index (χ1n) is 10.0. The van der Waals surface area contributed by atoms with E-state index >= 15 is 0 Å². The van der Waals surface area contributed by atoms with E-state index in [1.807, 2.05) is 0 Å². The lowest BCUT2D eigenvalue weighted by molar-refractivity contribution is -0.162. The zero-order chi connectivity index (χ0) is 16.9. The van der Waals surface area contributed by atoms with Crippen molar-refractivity contribution in [2.75, 3.05) is 33.4 Å². The normalized spacial score (nSPS) is 45.0. The molecule has 0 aromatic heterocycles. The Morgan fingerprint density at radius 3 is 1.96 bits per heavy atom. The van der Waals surface area contributed by atoms with E-state index in [0.29, 0.717) is 18.0 Å². The largest absolute Gasteiger partial charge is 0.383 e. The van der Waals surface area contributed by atoms with Crippen LogP contribution in [-0.2, 0) is 9.53 Å². The van der Waals surface area contributed by atoms with Gasteiger partial charge in [0.2, 0.25) is 5.91 Å². The molecule has 5 aliphatic rings. The number of methoxy groups -OCH3 is 1. The van der Waals surface area contributed by atoms with Gasteiger partial charge in [-0.2, -0.15) is 0 Å². The van der Waals surface area contributed by atoms with Gasteiger partial charge in [-0.1, -0.05) is 0 Å². The van der Waals surface area contributed by atoms with Crippen LogP contribution in [-0.4, -0.2) is 61.1 Å². The Hall–Kier alpha value is -0.610. The van der Waals surface area contributed by atoms with Crippen LogP contribution >= 0.6 is 0 Å². The quantitative estimate of drug-likeness (QED) is 0.792. The van der Waals surface area contributed by atoms with Crippen molar-refractivity contribution < 1.29 is 9.53 Å². The van der Waals surface area contributed by atoms with Crippen molar-refractivity contribution in [1.82, 2.24) is 9.80 Å². The van der Waals surface area contributed by atoms with E-state index < -0.39 is 0 Å². The molecule has 136 valence electrons. The minimum atomic E-state index is 0.0168. The summed E-state index contributed by atoms with van der Waals surface area (Å²) in [6, 6.07) is 0.864. The van der Waals surface area contributed by atoms with Crippen molar-refractivity contribution in [3.8, 4) is 0 Å². The third kappa shape index (κ3) is 2.80. The second kappa shape index (κ2) is 6.28. The first-order chi connectivity index (χ1) is 11.5. The maximum absolute atomic E-state index is 13.5. The number of hydrogen-bond acceptors (Lipinski definition) is 3. The van der Waals surface area contributed by atoms with Crippen molar-refractivity contribution in [1.29, 1.82) is 0 Å². The van der Waals surface area contributed by atoms with Crippen molar-refractivity contribution in [2.24, 2.45) is 23.2 Å². The summed E-state index contributed by atoms with van der Waals surface area (Å²) >= 11 is 0. The first-order valence-corrected chi connectivity index (χ1v) is 10.0. The molecule has 0 aromatic carbocycles. The van der Waals surface area contributed by atoms with Crippen LogP contribution in [0.25, 0.3) is 0 Å². The monoisotopic (exact) mass is 334 g/mol. The molecule has 2 unspecified atom stereocenters. The van der Waals surface area contributed by atoms with Gasteiger partial charge in [0.25, 0.3) is 0 Å². The summed E-state index contributed by atoms with van der Waals surface area (Å²) < 4.78 is 5.26. The fraction of sp³-hybridized carbons (Fsp3) is 0.950. The molecule has 2 atom stereocenters. The van der Waals surface area contributed by atoms with Crippen LogP contribution in [0.5, 0.6) is 0 Å². The molecular weight excluding hydrogens is 300 g/mol. The highest BCUT2D eigenvalue weighted by molar-refractivity contribution is 5.83. The van der Waals surface area contributed by atoms with Gasteiger partial charge in [-0.15, -0.1) is 0 Å². The fourth-order valence-electron chi connectivity index (χ4n) is 6.87. The second-order valence-corrected chi connectivity index (χ2v) is 9.34. The lowest BCUT2D eigenvalue weighted by atomic mass is 9.49. The summed E-state index contributed by atoms with van der Waals surface area (Å²) in [6.45, 7) is 8.08. The molecule has 1 aliphatic heterocycles. The van der Waals surface area contributed by atoms with Gasteiger partial charge in [-0.3, -0.25) is 9.69 Å². The highest BCUT2D eigenvalue weighted by Crippen LogP contribution is 2.60. The number of carbonyl (C=O) groups excluding carboxylic acids is 1. The van der Waals surface area contributed by atoms with Crippen LogP contribution in [0.2, 0.25) is 0 Å². The van der Waals surface area contributed by atoms with Gasteiger partial charge in [0.05, 0.1) is 12.0 Å². The topological polar surface area (TPSA) is 32.8 Å². The van der Waals surface area contributed by atoms with Crippen LogP contribution < -0.4 is 0 Å². The molecule has 0 radical (unpaired) electrons. The highest BCUT2D eigenvalue weighted by atomic mass is 16.5. The molecule has 0 N–H and O–H groups in total. The van der Waals surface area contributed by atoms with Gasteiger partial charge < -0.3 is 9.64 Å². The zero-order valence-electron chi connectivity index (χ0n) is 15.7. The highest BCUT2D eigenvalue weighted by Gasteiger charge is 2.56. The molecule has 0 aromatic rings. The Labute approximate surface area is 146 Å². The number of carbonyl (C=O) groups is 1. The Morgan fingerprint density at radius 1 is 1.00 bits per heavy atom. The molecule has 5 rings (SSSR count). The smallest absolute Gasteiger partial charge is 0.228 e. The molecule has 1 heterocycles. The number of hydrogen-bond donors (Lipinski definition) is 0. The van der Waals surface area contributed by atoms with Crippen molar-refractivity contribution >= 4 is 5.91 Å². The Bertz CT molecular complexity index is 445. The molecule has 4 aliphatic carbocycles. The minimum absolute atomic E-state index is 0.0168. The van der Waals surface area contributed by atoms with Gasteiger partial charge in [-0.05, 0) is 70.1 Å². The van der Waals surface area contributed by atoms with E-state index in [-0.39, 0.29) is 5.41 Å². The van der Waals surface area contributed by atoms with E-state index in [1.54, 1.807) is 7.11 Å². The first kappa shape index (κ1) is 16.8. The number of rotatable bonds is 4. The second-order valence-electron chi connectivity index (χ2n) is 9.34. The van der Waals surface area contributed by atoms with Crippen LogP contribution in [0.15, 0.2) is 0 Å². The Balaban J connectivity index is 1.46. The summed E-state index contributed by atoms with van der Waals surface area (Å²) in [7, 11) is 1.77. The summed E-state index contributed by atoms with van der Waals surface area (Å²) in [5.41, 5.74) is 0.0168. The van der Waals surface area contributed by atoms with E-state index in [9.17, 15) is 4.79 Å². The zero-order valence-corrected chi connectivity index (χ0v) is 15.7. The molecule has 5 fully saturated rings. The summed E-state index contributed by atoms with van der Waals surface area (Å²) in [5, 5.41) is 0. The average molecular weight is 335 g/mol. The molecule has 1 saturated heterocycles. The summed E-state index contributed by atoms with van der Waals surface area (Å²) in [4.78, 5) is 18.3. The van der Waals surface area contributed by atoms with Crippen molar-refractivity contribution in [3.63, 3.8) is 0 Å². The Morgan fingerprint density at radius 2 is 1.50 bits per heavy atom. The van der Waals surface area contributed by atoms with E-state index in [2.05, 4.69) is 23.6 Å². The molecule has 1 amide bonds. The van der Waals surface area contributed by atoms with Crippen molar-refractivity contribution in [2.45, 2.75) is 64.5 Å². The average Bonchev–Trinajstić information content (AvgIpc) is 2.52. The van der Waals surface area contributed by atoms with E-state index in [4.69, 9.17) is 4.74 Å². The number of nitrogens with zero attached hydrogens (tertiary/aromatic N) is 2. The molecule has 4 bridgehead atoms. The van der Waals surface area contributed by atoms with Crippen LogP contribution in [0.1, 0.15) is 52.4 Å². The molecular formula is C20H34N2O2. The van der Waals surface area contributed by atoms with Gasteiger partial charge >= 0.3 is 0 Å². The van der Waals surface area contributed by atoms with Gasteiger partial charge in [0.1, 0.15) is 0 Å². The molecule has 24 heavy (non-hydrogen) atoms. The number of amides is 1. The molecule has 4 saturated carbocycles. The maximum atomic E-state index is 13.5. The van der Waals surface area contributed by atoms with Crippen LogP contribution in [0.3, 0.4) is 0 Å². The van der Waals surface area contributed by atoms with E-state index in [0.717, 1.165) is 44.0 Å². The molecule has 4 nitrogen and oxygen atoms in total. The van der Waals surface area contributed by atoms with Crippen LogP contribution in [0.4, 0.5) is 0 Å². The number of ether oxygens (including phenoxy) is 1. The maximum Gasteiger partial charge on any atom is 0.228 e. The van der Waals surface area contributed by atoms with Crippen LogP contribution in [0, 0.1) is 23.2 Å². The number of piperazine rings is 1.